The maximum atomic E-state index is 13.1. The molecule has 7 nitrogen and oxygen atoms in total. The van der Waals surface area contributed by atoms with Crippen LogP contribution in [0.3, 0.4) is 0 Å². The van der Waals surface area contributed by atoms with Crippen molar-refractivity contribution in [1.29, 1.82) is 0 Å². The molecule has 7 heteroatoms. The number of rotatable bonds is 4. The molecular formula is C23H22N4O3. The van der Waals surface area contributed by atoms with Gasteiger partial charge < -0.3 is 20.0 Å². The van der Waals surface area contributed by atoms with Crippen LogP contribution in [-0.4, -0.2) is 37.4 Å². The molecule has 1 aliphatic heterocycles. The van der Waals surface area contributed by atoms with Crippen LogP contribution in [0.1, 0.15) is 30.3 Å². The summed E-state index contributed by atoms with van der Waals surface area (Å²) in [4.78, 5) is 34.7. The monoisotopic (exact) mass is 402 g/mol. The van der Waals surface area contributed by atoms with Crippen LogP contribution in [0.2, 0.25) is 0 Å². The van der Waals surface area contributed by atoms with Crippen molar-refractivity contribution in [2.24, 2.45) is 0 Å². The molecule has 1 unspecified atom stereocenters. The Balaban J connectivity index is 1.55. The van der Waals surface area contributed by atoms with Crippen molar-refractivity contribution in [3.8, 4) is 17.0 Å². The third-order valence-electron chi connectivity index (χ3n) is 5.81. The number of H-pyrrole nitrogens is 3. The minimum Gasteiger partial charge on any atom is -0.493 e. The molecule has 30 heavy (non-hydrogen) atoms. The Kier molecular flexibility index (Phi) is 4.43. The van der Waals surface area contributed by atoms with Crippen LogP contribution in [0, 0.1) is 0 Å². The second kappa shape index (κ2) is 7.26. The predicted octanol–water partition coefficient (Wildman–Crippen LogP) is 3.46. The predicted molar refractivity (Wildman–Crippen MR) is 114 cm³/mol. The summed E-state index contributed by atoms with van der Waals surface area (Å²) < 4.78 is 0. The Morgan fingerprint density at radius 1 is 1.03 bits per heavy atom. The van der Waals surface area contributed by atoms with Gasteiger partial charge in [-0.2, -0.15) is 0 Å². The fraction of sp³-hybridized carbons (Fsp3) is 0.217. The number of para-hydroxylation sites is 1. The number of carbonyl (C=O) groups is 1. The van der Waals surface area contributed by atoms with Gasteiger partial charge in [-0.05, 0) is 24.5 Å². The molecule has 0 aliphatic carbocycles. The smallest absolute Gasteiger partial charge is 0.325 e. The molecule has 5 rings (SSSR count). The number of aromatic nitrogens is 3. The van der Waals surface area contributed by atoms with Crippen LogP contribution in [0.25, 0.3) is 22.0 Å². The van der Waals surface area contributed by atoms with Gasteiger partial charge in [0.2, 0.25) is 11.8 Å². The molecular weight excluding hydrogens is 380 g/mol. The number of hydrogen-bond donors (Lipinski definition) is 4. The topological polar surface area (TPSA) is 105 Å². The lowest BCUT2D eigenvalue weighted by molar-refractivity contribution is -0.131. The molecule has 1 saturated heterocycles. The van der Waals surface area contributed by atoms with E-state index in [4.69, 9.17) is 0 Å². The molecule has 1 aliphatic rings. The molecule has 4 N–H and O–H groups in total. The minimum absolute atomic E-state index is 0.0536. The zero-order valence-corrected chi connectivity index (χ0v) is 16.3. The molecule has 0 spiro atoms. The second-order valence-electron chi connectivity index (χ2n) is 7.65. The lowest BCUT2D eigenvalue weighted by Crippen LogP contribution is -2.32. The maximum Gasteiger partial charge on any atom is 0.325 e. The molecule has 0 bridgehead atoms. The quantitative estimate of drug-likeness (QED) is 0.420. The van der Waals surface area contributed by atoms with E-state index in [9.17, 15) is 14.7 Å². The highest BCUT2D eigenvalue weighted by molar-refractivity contribution is 5.98. The molecule has 1 fully saturated rings. The van der Waals surface area contributed by atoms with Gasteiger partial charge in [-0.1, -0.05) is 48.5 Å². The van der Waals surface area contributed by atoms with Crippen LogP contribution in [0.4, 0.5) is 0 Å². The Morgan fingerprint density at radius 2 is 1.80 bits per heavy atom. The summed E-state index contributed by atoms with van der Waals surface area (Å²) >= 11 is 0. The molecule has 1 atom stereocenters. The SMILES string of the molecule is O=C(Cc1[nH]c(=O)[nH]c1O)N1CCCC1c1[nH]c2ccccc2c1-c1ccccc1. The summed E-state index contributed by atoms with van der Waals surface area (Å²) in [6, 6.07) is 18.3. The molecule has 0 saturated carbocycles. The Labute approximate surface area is 172 Å². The number of nitrogens with zero attached hydrogens (tertiary/aromatic N) is 1. The third-order valence-corrected chi connectivity index (χ3v) is 5.81. The number of hydrogen-bond acceptors (Lipinski definition) is 3. The largest absolute Gasteiger partial charge is 0.493 e. The van der Waals surface area contributed by atoms with Gasteiger partial charge in [0, 0.05) is 28.7 Å². The first-order valence-electron chi connectivity index (χ1n) is 10.1. The molecule has 3 heterocycles. The van der Waals surface area contributed by atoms with Gasteiger partial charge in [-0.3, -0.25) is 9.78 Å². The van der Waals surface area contributed by atoms with E-state index >= 15 is 0 Å². The Hall–Kier alpha value is -3.74. The number of amides is 1. The van der Waals surface area contributed by atoms with Crippen molar-refractivity contribution in [2.75, 3.05) is 6.54 Å². The van der Waals surface area contributed by atoms with Crippen LogP contribution >= 0.6 is 0 Å². The summed E-state index contributed by atoms with van der Waals surface area (Å²) in [5.74, 6) is -0.402. The third kappa shape index (κ3) is 3.08. The van der Waals surface area contributed by atoms with Crippen molar-refractivity contribution in [3.05, 3.63) is 76.5 Å². The van der Waals surface area contributed by atoms with Gasteiger partial charge in [-0.25, -0.2) is 4.79 Å². The number of fused-ring (bicyclic) bond motifs is 1. The van der Waals surface area contributed by atoms with Gasteiger partial charge in [0.15, 0.2) is 0 Å². The molecule has 2 aromatic carbocycles. The fourth-order valence-corrected chi connectivity index (χ4v) is 4.49. The zero-order valence-electron chi connectivity index (χ0n) is 16.3. The molecule has 152 valence electrons. The first-order valence-corrected chi connectivity index (χ1v) is 10.1. The van der Waals surface area contributed by atoms with Crippen molar-refractivity contribution >= 4 is 16.8 Å². The zero-order chi connectivity index (χ0) is 20.7. The van der Waals surface area contributed by atoms with E-state index in [0.717, 1.165) is 40.6 Å². The van der Waals surface area contributed by atoms with Crippen LogP contribution < -0.4 is 5.69 Å². The molecule has 0 radical (unpaired) electrons. The first kappa shape index (κ1) is 18.3. The van der Waals surface area contributed by atoms with Crippen LogP contribution in [-0.2, 0) is 11.2 Å². The molecule has 4 aromatic rings. The highest BCUT2D eigenvalue weighted by atomic mass is 16.3. The lowest BCUT2D eigenvalue weighted by Gasteiger charge is -2.25. The highest BCUT2D eigenvalue weighted by Crippen LogP contribution is 2.41. The van der Waals surface area contributed by atoms with Crippen molar-refractivity contribution in [2.45, 2.75) is 25.3 Å². The van der Waals surface area contributed by atoms with E-state index in [1.165, 1.54) is 0 Å². The molecule has 1 amide bonds. The Bertz CT molecular complexity index is 1270. The second-order valence-corrected chi connectivity index (χ2v) is 7.65. The molecule has 2 aromatic heterocycles. The van der Waals surface area contributed by atoms with Gasteiger partial charge in [0.05, 0.1) is 18.2 Å². The highest BCUT2D eigenvalue weighted by Gasteiger charge is 2.34. The van der Waals surface area contributed by atoms with Gasteiger partial charge in [0.1, 0.15) is 0 Å². The summed E-state index contributed by atoms with van der Waals surface area (Å²) in [6.07, 6.45) is 1.70. The van der Waals surface area contributed by atoms with Crippen molar-refractivity contribution < 1.29 is 9.90 Å². The normalized spacial score (nSPS) is 16.4. The van der Waals surface area contributed by atoms with E-state index in [1.54, 1.807) is 0 Å². The van der Waals surface area contributed by atoms with E-state index in [2.05, 4.69) is 39.2 Å². The fourth-order valence-electron chi connectivity index (χ4n) is 4.49. The maximum absolute atomic E-state index is 13.1. The van der Waals surface area contributed by atoms with Crippen LogP contribution in [0.5, 0.6) is 5.88 Å². The lowest BCUT2D eigenvalue weighted by atomic mass is 9.97. The van der Waals surface area contributed by atoms with E-state index in [1.807, 2.05) is 35.2 Å². The first-order chi connectivity index (χ1) is 14.6. The van der Waals surface area contributed by atoms with Crippen molar-refractivity contribution in [1.82, 2.24) is 19.9 Å². The number of likely N-dealkylation sites (tertiary alicyclic amines) is 1. The summed E-state index contributed by atoms with van der Waals surface area (Å²) in [5, 5.41) is 11.0. The van der Waals surface area contributed by atoms with Crippen molar-refractivity contribution in [3.63, 3.8) is 0 Å². The standard InChI is InChI=1S/C23H22N4O3/c28-19(13-17-22(29)26-23(30)25-17)27-12-6-11-18(27)21-20(14-7-2-1-3-8-14)15-9-4-5-10-16(15)24-21/h1-5,7-10,18,24,29H,6,11-13H2,(H2,25,26,30). The van der Waals surface area contributed by atoms with Gasteiger partial charge >= 0.3 is 5.69 Å². The number of imidazole rings is 1. The number of carbonyl (C=O) groups excluding carboxylic acids is 1. The van der Waals surface area contributed by atoms with E-state index in [-0.39, 0.29) is 29.9 Å². The average Bonchev–Trinajstić information content (AvgIpc) is 3.45. The number of benzene rings is 2. The van der Waals surface area contributed by atoms with E-state index < -0.39 is 5.69 Å². The van der Waals surface area contributed by atoms with Crippen LogP contribution in [0.15, 0.2) is 59.4 Å². The number of aromatic amines is 3. The Morgan fingerprint density at radius 3 is 2.57 bits per heavy atom. The average molecular weight is 402 g/mol. The summed E-state index contributed by atoms with van der Waals surface area (Å²) in [6.45, 7) is 0.641. The summed E-state index contributed by atoms with van der Waals surface area (Å²) in [7, 11) is 0. The van der Waals surface area contributed by atoms with Gasteiger partial charge in [-0.15, -0.1) is 0 Å². The van der Waals surface area contributed by atoms with E-state index in [0.29, 0.717) is 6.54 Å². The summed E-state index contributed by atoms with van der Waals surface area (Å²) in [5.41, 5.74) is 4.00. The number of aromatic hydroxyl groups is 1. The van der Waals surface area contributed by atoms with Gasteiger partial charge in [0.25, 0.3) is 0 Å². The number of nitrogens with one attached hydrogen (secondary N) is 3. The minimum atomic E-state index is -0.518.